The van der Waals surface area contributed by atoms with Crippen molar-refractivity contribution >= 4 is 29.2 Å². The van der Waals surface area contributed by atoms with Crippen LogP contribution in [0.1, 0.15) is 36.3 Å². The number of carbonyl (C=O) groups excluding carboxylic acids is 2. The molecule has 0 radical (unpaired) electrons. The van der Waals surface area contributed by atoms with Crippen LogP contribution in [0.5, 0.6) is 0 Å². The van der Waals surface area contributed by atoms with Gasteiger partial charge in [-0.15, -0.1) is 0 Å². The summed E-state index contributed by atoms with van der Waals surface area (Å²) in [5.74, 6) is -0.818. The third-order valence-electron chi connectivity index (χ3n) is 2.93. The average molecular weight is 329 g/mol. The Morgan fingerprint density at radius 3 is 2.50 bits per heavy atom. The highest BCUT2D eigenvalue weighted by Crippen LogP contribution is 2.27. The largest absolute Gasteiger partial charge is 0.466 e. The van der Waals surface area contributed by atoms with Crippen molar-refractivity contribution in [1.82, 2.24) is 4.98 Å². The molecule has 22 heavy (non-hydrogen) atoms. The van der Waals surface area contributed by atoms with Gasteiger partial charge in [0.1, 0.15) is 10.7 Å². The SMILES string of the molecule is CCOC(=O)CCN(C)c1cc(C)nc(Cl)c1C(=O)OCC. The molecule has 0 aliphatic heterocycles. The molecule has 122 valence electrons. The first kappa shape index (κ1) is 18.2. The van der Waals surface area contributed by atoms with E-state index in [1.165, 1.54) is 0 Å². The van der Waals surface area contributed by atoms with Crippen LogP contribution in [0.25, 0.3) is 0 Å². The van der Waals surface area contributed by atoms with Gasteiger partial charge in [-0.05, 0) is 26.8 Å². The van der Waals surface area contributed by atoms with E-state index in [1.54, 1.807) is 38.8 Å². The van der Waals surface area contributed by atoms with Crippen molar-refractivity contribution in [3.05, 3.63) is 22.5 Å². The first-order valence-corrected chi connectivity index (χ1v) is 7.49. The minimum absolute atomic E-state index is 0.0939. The van der Waals surface area contributed by atoms with E-state index in [4.69, 9.17) is 21.1 Å². The summed E-state index contributed by atoms with van der Waals surface area (Å²) in [6, 6.07) is 1.74. The summed E-state index contributed by atoms with van der Waals surface area (Å²) >= 11 is 6.09. The molecule has 0 amide bonds. The molecule has 0 aliphatic carbocycles. The standard InChI is InChI=1S/C15H21ClN2O4/c1-5-21-12(19)7-8-18(4)11-9-10(3)17-14(16)13(11)15(20)22-6-2/h9H,5-8H2,1-4H3. The van der Waals surface area contributed by atoms with Gasteiger partial charge in [0.2, 0.25) is 0 Å². The zero-order valence-corrected chi connectivity index (χ0v) is 14.1. The van der Waals surface area contributed by atoms with Crippen LogP contribution in [0.3, 0.4) is 0 Å². The van der Waals surface area contributed by atoms with Crippen LogP contribution in [-0.4, -0.2) is 43.7 Å². The van der Waals surface area contributed by atoms with Crippen LogP contribution < -0.4 is 4.90 Å². The zero-order chi connectivity index (χ0) is 16.7. The van der Waals surface area contributed by atoms with Gasteiger partial charge in [-0.25, -0.2) is 9.78 Å². The van der Waals surface area contributed by atoms with E-state index in [2.05, 4.69) is 4.98 Å². The quantitative estimate of drug-likeness (QED) is 0.566. The lowest BCUT2D eigenvalue weighted by molar-refractivity contribution is -0.142. The number of ether oxygens (including phenoxy) is 2. The predicted molar refractivity (Wildman–Crippen MR) is 84.5 cm³/mol. The van der Waals surface area contributed by atoms with Crippen LogP contribution in [0.2, 0.25) is 5.15 Å². The van der Waals surface area contributed by atoms with Crippen molar-refractivity contribution < 1.29 is 19.1 Å². The molecule has 1 rings (SSSR count). The normalized spacial score (nSPS) is 10.2. The predicted octanol–water partition coefficient (Wildman–Crippen LogP) is 2.61. The van der Waals surface area contributed by atoms with Crippen molar-refractivity contribution in [2.75, 3.05) is 31.7 Å². The average Bonchev–Trinajstić information content (AvgIpc) is 2.44. The molecule has 1 aromatic heterocycles. The summed E-state index contributed by atoms with van der Waals surface area (Å²) in [6.45, 7) is 6.24. The Morgan fingerprint density at radius 2 is 1.91 bits per heavy atom. The molecule has 1 heterocycles. The number of anilines is 1. The summed E-state index contributed by atoms with van der Waals surface area (Å²) in [6.07, 6.45) is 0.214. The molecule has 0 aliphatic rings. The first-order valence-electron chi connectivity index (χ1n) is 7.11. The van der Waals surface area contributed by atoms with E-state index in [0.29, 0.717) is 24.5 Å². The maximum absolute atomic E-state index is 12.1. The van der Waals surface area contributed by atoms with Gasteiger partial charge < -0.3 is 14.4 Å². The zero-order valence-electron chi connectivity index (χ0n) is 13.3. The van der Waals surface area contributed by atoms with Crippen molar-refractivity contribution in [3.63, 3.8) is 0 Å². The lowest BCUT2D eigenvalue weighted by atomic mass is 10.2. The number of nitrogens with zero attached hydrogens (tertiary/aromatic N) is 2. The second kappa shape index (κ2) is 8.58. The molecule has 0 N–H and O–H groups in total. The molecule has 0 spiro atoms. The molecule has 1 aromatic rings. The van der Waals surface area contributed by atoms with Crippen molar-refractivity contribution in [1.29, 1.82) is 0 Å². The number of pyridine rings is 1. The summed E-state index contributed by atoms with van der Waals surface area (Å²) in [7, 11) is 1.77. The lowest BCUT2D eigenvalue weighted by Crippen LogP contribution is -2.25. The summed E-state index contributed by atoms with van der Waals surface area (Å²) in [5.41, 5.74) is 1.47. The van der Waals surface area contributed by atoms with E-state index < -0.39 is 5.97 Å². The van der Waals surface area contributed by atoms with Crippen molar-refractivity contribution in [2.45, 2.75) is 27.2 Å². The fraction of sp³-hybridized carbons (Fsp3) is 0.533. The summed E-state index contributed by atoms with van der Waals surface area (Å²) in [5, 5.41) is 0.0939. The van der Waals surface area contributed by atoms with E-state index in [9.17, 15) is 9.59 Å². The molecule has 0 bridgehead atoms. The maximum Gasteiger partial charge on any atom is 0.343 e. The Morgan fingerprint density at radius 1 is 1.27 bits per heavy atom. The van der Waals surface area contributed by atoms with E-state index in [0.717, 1.165) is 0 Å². The molecule has 0 fully saturated rings. The van der Waals surface area contributed by atoms with Gasteiger partial charge in [-0.1, -0.05) is 11.6 Å². The second-order valence-corrected chi connectivity index (χ2v) is 5.00. The highest BCUT2D eigenvalue weighted by molar-refractivity contribution is 6.33. The molecule has 0 atom stereocenters. The van der Waals surface area contributed by atoms with Gasteiger partial charge in [0.05, 0.1) is 25.3 Å². The molecule has 0 aromatic carbocycles. The Hall–Kier alpha value is -1.82. The number of rotatable bonds is 7. The van der Waals surface area contributed by atoms with Gasteiger partial charge in [0.25, 0.3) is 0 Å². The topological polar surface area (TPSA) is 68.7 Å². The first-order chi connectivity index (χ1) is 10.4. The monoisotopic (exact) mass is 328 g/mol. The summed E-state index contributed by atoms with van der Waals surface area (Å²) < 4.78 is 9.92. The molecule has 6 nitrogen and oxygen atoms in total. The van der Waals surface area contributed by atoms with Gasteiger partial charge in [-0.2, -0.15) is 0 Å². The molecular weight excluding hydrogens is 308 g/mol. The number of hydrogen-bond donors (Lipinski definition) is 0. The van der Waals surface area contributed by atoms with Crippen LogP contribution in [0.4, 0.5) is 5.69 Å². The molecule has 0 saturated heterocycles. The van der Waals surface area contributed by atoms with Crippen molar-refractivity contribution in [3.8, 4) is 0 Å². The van der Waals surface area contributed by atoms with E-state index in [-0.39, 0.29) is 29.7 Å². The van der Waals surface area contributed by atoms with Crippen LogP contribution in [0, 0.1) is 6.92 Å². The fourth-order valence-corrected chi connectivity index (χ4v) is 2.23. The number of aromatic nitrogens is 1. The van der Waals surface area contributed by atoms with Crippen LogP contribution in [0.15, 0.2) is 6.07 Å². The van der Waals surface area contributed by atoms with Gasteiger partial charge >= 0.3 is 11.9 Å². The smallest absolute Gasteiger partial charge is 0.343 e. The number of halogens is 1. The third-order valence-corrected chi connectivity index (χ3v) is 3.20. The Bertz CT molecular complexity index is 549. The number of carbonyl (C=O) groups is 2. The number of hydrogen-bond acceptors (Lipinski definition) is 6. The number of esters is 2. The highest BCUT2D eigenvalue weighted by atomic mass is 35.5. The Balaban J connectivity index is 3.00. The van der Waals surface area contributed by atoms with E-state index in [1.807, 2.05) is 0 Å². The van der Waals surface area contributed by atoms with Crippen molar-refractivity contribution in [2.24, 2.45) is 0 Å². The van der Waals surface area contributed by atoms with Crippen LogP contribution >= 0.6 is 11.6 Å². The third kappa shape index (κ3) is 4.87. The lowest BCUT2D eigenvalue weighted by Gasteiger charge is -2.22. The summed E-state index contributed by atoms with van der Waals surface area (Å²) in [4.78, 5) is 29.4. The van der Waals surface area contributed by atoms with Gasteiger partial charge in [0, 0.05) is 19.3 Å². The molecule has 0 saturated carbocycles. The maximum atomic E-state index is 12.1. The number of aryl methyl sites for hydroxylation is 1. The molecular formula is C15H21ClN2O4. The Labute approximate surface area is 135 Å². The minimum atomic E-state index is -0.530. The molecule has 7 heteroatoms. The van der Waals surface area contributed by atoms with Gasteiger partial charge in [0.15, 0.2) is 0 Å². The molecule has 0 unspecified atom stereocenters. The van der Waals surface area contributed by atoms with Crippen LogP contribution in [-0.2, 0) is 14.3 Å². The van der Waals surface area contributed by atoms with Gasteiger partial charge in [-0.3, -0.25) is 4.79 Å². The second-order valence-electron chi connectivity index (χ2n) is 4.65. The fourth-order valence-electron chi connectivity index (χ4n) is 1.92. The van der Waals surface area contributed by atoms with E-state index >= 15 is 0 Å². The minimum Gasteiger partial charge on any atom is -0.466 e. The highest BCUT2D eigenvalue weighted by Gasteiger charge is 2.21. The Kier molecular flexibility index (Phi) is 7.11.